The number of aliphatic hydroxyl groups is 1. The van der Waals surface area contributed by atoms with Gasteiger partial charge in [-0.05, 0) is 57.7 Å². The lowest BCUT2D eigenvalue weighted by Crippen LogP contribution is -2.47. The SMILES string of the molecule is Cc1ccc([C@H](CCO)NC(=O)C2CCN(C3CCOCC3)CC2)cc1. The second-order valence-corrected chi connectivity index (χ2v) is 7.64. The van der Waals surface area contributed by atoms with E-state index >= 15 is 0 Å². The number of carbonyl (C=O) groups is 1. The number of aliphatic hydroxyl groups excluding tert-OH is 1. The van der Waals surface area contributed by atoms with E-state index in [-0.39, 0.29) is 24.5 Å². The van der Waals surface area contributed by atoms with Gasteiger partial charge in [0.1, 0.15) is 0 Å². The number of nitrogens with one attached hydrogen (secondary N) is 1. The molecular formula is C21H32N2O3. The average molecular weight is 360 g/mol. The number of hydrogen-bond acceptors (Lipinski definition) is 4. The van der Waals surface area contributed by atoms with Crippen LogP contribution < -0.4 is 5.32 Å². The molecule has 1 aromatic carbocycles. The van der Waals surface area contributed by atoms with Crippen molar-refractivity contribution in [1.82, 2.24) is 10.2 Å². The van der Waals surface area contributed by atoms with Crippen LogP contribution in [0.5, 0.6) is 0 Å². The van der Waals surface area contributed by atoms with Gasteiger partial charge in [-0.25, -0.2) is 0 Å². The maximum atomic E-state index is 12.8. The Balaban J connectivity index is 1.52. The van der Waals surface area contributed by atoms with E-state index in [1.54, 1.807) is 0 Å². The summed E-state index contributed by atoms with van der Waals surface area (Å²) in [6, 6.07) is 8.72. The topological polar surface area (TPSA) is 61.8 Å². The van der Waals surface area contributed by atoms with Gasteiger partial charge in [0.2, 0.25) is 5.91 Å². The molecule has 2 saturated heterocycles. The summed E-state index contributed by atoms with van der Waals surface area (Å²) in [4.78, 5) is 15.3. The molecular weight excluding hydrogens is 328 g/mol. The lowest BCUT2D eigenvalue weighted by atomic mass is 9.92. The van der Waals surface area contributed by atoms with E-state index < -0.39 is 0 Å². The van der Waals surface area contributed by atoms with Gasteiger partial charge in [0.15, 0.2) is 0 Å². The van der Waals surface area contributed by atoms with Gasteiger partial charge in [-0.2, -0.15) is 0 Å². The number of ether oxygens (including phenoxy) is 1. The van der Waals surface area contributed by atoms with Crippen LogP contribution in [0.25, 0.3) is 0 Å². The highest BCUT2D eigenvalue weighted by Gasteiger charge is 2.30. The third-order valence-electron chi connectivity index (χ3n) is 5.82. The molecule has 1 atom stereocenters. The zero-order chi connectivity index (χ0) is 18.4. The molecule has 144 valence electrons. The first-order chi connectivity index (χ1) is 12.7. The van der Waals surface area contributed by atoms with E-state index in [0.29, 0.717) is 12.5 Å². The molecule has 2 N–H and O–H groups in total. The molecule has 0 aliphatic carbocycles. The Hall–Kier alpha value is -1.43. The summed E-state index contributed by atoms with van der Waals surface area (Å²) < 4.78 is 5.45. The minimum atomic E-state index is -0.110. The molecule has 0 spiro atoms. The van der Waals surface area contributed by atoms with E-state index in [9.17, 15) is 9.90 Å². The fraction of sp³-hybridized carbons (Fsp3) is 0.667. The Morgan fingerprint density at radius 1 is 1.19 bits per heavy atom. The predicted octanol–water partition coefficient (Wildman–Crippen LogP) is 2.43. The smallest absolute Gasteiger partial charge is 0.223 e. The molecule has 0 saturated carbocycles. The minimum absolute atomic E-state index is 0.0705. The van der Waals surface area contributed by atoms with Crippen LogP contribution in [0.15, 0.2) is 24.3 Å². The first-order valence-electron chi connectivity index (χ1n) is 9.97. The van der Waals surface area contributed by atoms with Crippen LogP contribution >= 0.6 is 0 Å². The average Bonchev–Trinajstić information content (AvgIpc) is 2.69. The summed E-state index contributed by atoms with van der Waals surface area (Å²) >= 11 is 0. The fourth-order valence-corrected chi connectivity index (χ4v) is 4.12. The van der Waals surface area contributed by atoms with Crippen molar-refractivity contribution >= 4 is 5.91 Å². The quantitative estimate of drug-likeness (QED) is 0.818. The van der Waals surface area contributed by atoms with Crippen molar-refractivity contribution in [1.29, 1.82) is 0 Å². The molecule has 0 radical (unpaired) electrons. The number of amides is 1. The lowest BCUT2D eigenvalue weighted by molar-refractivity contribution is -0.127. The van der Waals surface area contributed by atoms with Crippen molar-refractivity contribution in [3.05, 3.63) is 35.4 Å². The van der Waals surface area contributed by atoms with Gasteiger partial charge in [-0.15, -0.1) is 0 Å². The van der Waals surface area contributed by atoms with Gasteiger partial charge in [0, 0.05) is 31.8 Å². The van der Waals surface area contributed by atoms with E-state index in [2.05, 4.69) is 29.3 Å². The van der Waals surface area contributed by atoms with Gasteiger partial charge >= 0.3 is 0 Å². The number of carbonyl (C=O) groups excluding carboxylic acids is 1. The van der Waals surface area contributed by atoms with Crippen LogP contribution in [-0.4, -0.2) is 54.9 Å². The monoisotopic (exact) mass is 360 g/mol. The van der Waals surface area contributed by atoms with Crippen molar-refractivity contribution in [2.75, 3.05) is 32.9 Å². The van der Waals surface area contributed by atoms with Crippen molar-refractivity contribution in [2.24, 2.45) is 5.92 Å². The summed E-state index contributed by atoms with van der Waals surface area (Å²) in [6.07, 6.45) is 4.62. The Bertz CT molecular complexity index is 561. The first-order valence-corrected chi connectivity index (χ1v) is 9.97. The van der Waals surface area contributed by atoms with Crippen molar-refractivity contribution in [3.63, 3.8) is 0 Å². The molecule has 2 fully saturated rings. The van der Waals surface area contributed by atoms with Gasteiger partial charge in [-0.1, -0.05) is 29.8 Å². The molecule has 0 unspecified atom stereocenters. The van der Waals surface area contributed by atoms with Crippen molar-refractivity contribution in [3.8, 4) is 0 Å². The number of nitrogens with zero attached hydrogens (tertiary/aromatic N) is 1. The molecule has 5 heteroatoms. The van der Waals surface area contributed by atoms with Gasteiger partial charge in [-0.3, -0.25) is 4.79 Å². The van der Waals surface area contributed by atoms with E-state index in [4.69, 9.17) is 4.74 Å². The van der Waals surface area contributed by atoms with Gasteiger partial charge in [0.05, 0.1) is 6.04 Å². The molecule has 2 heterocycles. The zero-order valence-corrected chi connectivity index (χ0v) is 15.8. The van der Waals surface area contributed by atoms with Gasteiger partial charge in [0.25, 0.3) is 0 Å². The Kier molecular flexibility index (Phi) is 7.06. The highest BCUT2D eigenvalue weighted by atomic mass is 16.5. The molecule has 3 rings (SSSR count). The Labute approximate surface area is 156 Å². The summed E-state index contributed by atoms with van der Waals surface area (Å²) in [6.45, 7) is 5.85. The highest BCUT2D eigenvalue weighted by molar-refractivity contribution is 5.79. The standard InChI is InChI=1S/C21H32N2O3/c1-16-2-4-17(5-3-16)20(8-13-24)22-21(25)18-6-11-23(12-7-18)19-9-14-26-15-10-19/h2-5,18-20,24H,6-15H2,1H3,(H,22,25)/t20-/m0/s1. The van der Waals surface area contributed by atoms with E-state index in [1.165, 1.54) is 5.56 Å². The third-order valence-corrected chi connectivity index (χ3v) is 5.82. The number of benzene rings is 1. The molecule has 5 nitrogen and oxygen atoms in total. The first kappa shape index (κ1) is 19.3. The Morgan fingerprint density at radius 2 is 1.85 bits per heavy atom. The molecule has 2 aliphatic rings. The van der Waals surface area contributed by atoms with Crippen LogP contribution in [0, 0.1) is 12.8 Å². The van der Waals surface area contributed by atoms with Crippen LogP contribution in [0.1, 0.15) is 49.3 Å². The highest BCUT2D eigenvalue weighted by Crippen LogP contribution is 2.25. The van der Waals surface area contributed by atoms with Crippen LogP contribution in [0.3, 0.4) is 0 Å². The number of aryl methyl sites for hydroxylation is 1. The summed E-state index contributed by atoms with van der Waals surface area (Å²) in [5.41, 5.74) is 2.26. The molecule has 1 amide bonds. The maximum absolute atomic E-state index is 12.8. The minimum Gasteiger partial charge on any atom is -0.396 e. The number of hydrogen-bond donors (Lipinski definition) is 2. The Morgan fingerprint density at radius 3 is 2.46 bits per heavy atom. The normalized spacial score (nSPS) is 21.5. The lowest BCUT2D eigenvalue weighted by Gasteiger charge is -2.39. The van der Waals surface area contributed by atoms with Crippen LogP contribution in [0.4, 0.5) is 0 Å². The molecule has 0 bridgehead atoms. The second kappa shape index (κ2) is 9.49. The largest absolute Gasteiger partial charge is 0.396 e. The van der Waals surface area contributed by atoms with Crippen LogP contribution in [-0.2, 0) is 9.53 Å². The molecule has 26 heavy (non-hydrogen) atoms. The van der Waals surface area contributed by atoms with Gasteiger partial charge < -0.3 is 20.1 Å². The van der Waals surface area contributed by atoms with E-state index in [0.717, 1.165) is 57.6 Å². The van der Waals surface area contributed by atoms with Crippen molar-refractivity contribution < 1.29 is 14.6 Å². The predicted molar refractivity (Wildman–Crippen MR) is 102 cm³/mol. The summed E-state index contributed by atoms with van der Waals surface area (Å²) in [5, 5.41) is 12.6. The molecule has 2 aliphatic heterocycles. The fourth-order valence-electron chi connectivity index (χ4n) is 4.12. The number of rotatable bonds is 6. The third kappa shape index (κ3) is 5.06. The summed E-state index contributed by atoms with van der Waals surface area (Å²) in [7, 11) is 0. The number of likely N-dealkylation sites (tertiary alicyclic amines) is 1. The molecule has 1 aromatic rings. The number of piperidine rings is 1. The van der Waals surface area contributed by atoms with E-state index in [1.807, 2.05) is 12.1 Å². The second-order valence-electron chi connectivity index (χ2n) is 7.64. The zero-order valence-electron chi connectivity index (χ0n) is 15.8. The maximum Gasteiger partial charge on any atom is 0.223 e. The summed E-state index contributed by atoms with van der Waals surface area (Å²) in [5.74, 6) is 0.216. The van der Waals surface area contributed by atoms with Crippen LogP contribution in [0.2, 0.25) is 0 Å². The van der Waals surface area contributed by atoms with Crippen molar-refractivity contribution in [2.45, 2.75) is 51.1 Å². The molecule has 0 aromatic heterocycles.